The molecule has 4 rings (SSSR count). The standard InChI is InChI=1S/C24H30N4O2S/c1-15-6-4-5-7-18(15)14-28-12-10-19(11-13-28)25-21(29)9-8-20-26-23(30)22-16(2)17(3)31-24(22)27-20/h4-7,19H,8-14H2,1-3H3,(H,25,29)(H,26,27,30). The van der Waals surface area contributed by atoms with E-state index in [1.807, 2.05) is 13.8 Å². The number of hydrogen-bond donors (Lipinski definition) is 2. The lowest BCUT2D eigenvalue weighted by atomic mass is 10.0. The maximum atomic E-state index is 12.5. The molecule has 0 aliphatic carbocycles. The minimum atomic E-state index is -0.108. The van der Waals surface area contributed by atoms with Crippen LogP contribution in [0, 0.1) is 20.8 Å². The Kier molecular flexibility index (Phi) is 6.53. The summed E-state index contributed by atoms with van der Waals surface area (Å²) in [5, 5.41) is 3.84. The third-order valence-corrected chi connectivity index (χ3v) is 7.39. The lowest BCUT2D eigenvalue weighted by Crippen LogP contribution is -2.44. The largest absolute Gasteiger partial charge is 0.353 e. The molecule has 3 aromatic rings. The minimum absolute atomic E-state index is 0.0265. The van der Waals surface area contributed by atoms with Gasteiger partial charge in [0.25, 0.3) is 5.56 Å². The zero-order chi connectivity index (χ0) is 22.0. The molecule has 1 amide bonds. The van der Waals surface area contributed by atoms with Gasteiger partial charge in [-0.05, 0) is 50.3 Å². The predicted octanol–water partition coefficient (Wildman–Crippen LogP) is 3.62. The van der Waals surface area contributed by atoms with E-state index in [1.54, 1.807) is 0 Å². The SMILES string of the molecule is Cc1ccccc1CN1CCC(NC(=O)CCc2nc3sc(C)c(C)c3c(=O)[nH]2)CC1. The van der Waals surface area contributed by atoms with Crippen LogP contribution in [0.15, 0.2) is 29.1 Å². The summed E-state index contributed by atoms with van der Waals surface area (Å²) in [4.78, 5) is 36.6. The lowest BCUT2D eigenvalue weighted by molar-refractivity contribution is -0.122. The van der Waals surface area contributed by atoms with E-state index >= 15 is 0 Å². The van der Waals surface area contributed by atoms with Gasteiger partial charge in [-0.2, -0.15) is 0 Å². The van der Waals surface area contributed by atoms with Crippen LogP contribution in [0.25, 0.3) is 10.2 Å². The van der Waals surface area contributed by atoms with Crippen molar-refractivity contribution in [2.75, 3.05) is 13.1 Å². The Labute approximate surface area is 186 Å². The van der Waals surface area contributed by atoms with Crippen molar-refractivity contribution >= 4 is 27.5 Å². The van der Waals surface area contributed by atoms with Crippen molar-refractivity contribution in [3.63, 3.8) is 0 Å². The molecule has 31 heavy (non-hydrogen) atoms. The highest BCUT2D eigenvalue weighted by molar-refractivity contribution is 7.18. The number of fused-ring (bicyclic) bond motifs is 1. The highest BCUT2D eigenvalue weighted by Crippen LogP contribution is 2.25. The number of nitrogens with one attached hydrogen (secondary N) is 2. The van der Waals surface area contributed by atoms with Crippen molar-refractivity contribution in [2.24, 2.45) is 0 Å². The summed E-state index contributed by atoms with van der Waals surface area (Å²) in [6, 6.07) is 8.74. The fraction of sp³-hybridized carbons (Fsp3) is 0.458. The molecule has 1 aromatic carbocycles. The molecule has 2 N–H and O–H groups in total. The van der Waals surface area contributed by atoms with E-state index in [0.717, 1.165) is 47.7 Å². The first-order valence-electron chi connectivity index (χ1n) is 11.0. The van der Waals surface area contributed by atoms with Crippen LogP contribution in [0.2, 0.25) is 0 Å². The second-order valence-corrected chi connectivity index (χ2v) is 9.72. The zero-order valence-electron chi connectivity index (χ0n) is 18.5. The first-order valence-corrected chi connectivity index (χ1v) is 11.8. The van der Waals surface area contributed by atoms with Crippen LogP contribution in [0.3, 0.4) is 0 Å². The maximum absolute atomic E-state index is 12.5. The molecule has 0 unspecified atom stereocenters. The van der Waals surface area contributed by atoms with Crippen LogP contribution in [0.5, 0.6) is 0 Å². The van der Waals surface area contributed by atoms with E-state index in [-0.39, 0.29) is 17.5 Å². The Balaban J connectivity index is 1.26. The Morgan fingerprint density at radius 3 is 2.71 bits per heavy atom. The van der Waals surface area contributed by atoms with Gasteiger partial charge in [0.15, 0.2) is 0 Å². The van der Waals surface area contributed by atoms with Crippen LogP contribution in [0.1, 0.15) is 46.7 Å². The smallest absolute Gasteiger partial charge is 0.259 e. The van der Waals surface area contributed by atoms with Crippen LogP contribution in [-0.2, 0) is 17.8 Å². The molecule has 7 heteroatoms. The molecule has 6 nitrogen and oxygen atoms in total. The predicted molar refractivity (Wildman–Crippen MR) is 126 cm³/mol. The summed E-state index contributed by atoms with van der Waals surface area (Å²) in [6.07, 6.45) is 2.71. The van der Waals surface area contributed by atoms with Crippen LogP contribution in [0.4, 0.5) is 0 Å². The molecule has 0 bridgehead atoms. The second-order valence-electron chi connectivity index (χ2n) is 8.52. The number of amides is 1. The second kappa shape index (κ2) is 9.32. The molecule has 1 saturated heterocycles. The van der Waals surface area contributed by atoms with E-state index in [9.17, 15) is 9.59 Å². The average molecular weight is 439 g/mol. The van der Waals surface area contributed by atoms with Crippen LogP contribution >= 0.6 is 11.3 Å². The molecule has 0 spiro atoms. The number of aryl methyl sites for hydroxylation is 4. The summed E-state index contributed by atoms with van der Waals surface area (Å²) in [7, 11) is 0. The van der Waals surface area contributed by atoms with Gasteiger partial charge in [-0.15, -0.1) is 11.3 Å². The molecule has 1 aliphatic rings. The van der Waals surface area contributed by atoms with E-state index in [1.165, 1.54) is 22.5 Å². The van der Waals surface area contributed by atoms with Crippen LogP contribution in [-0.4, -0.2) is 39.9 Å². The first-order chi connectivity index (χ1) is 14.9. The summed E-state index contributed by atoms with van der Waals surface area (Å²) in [6.45, 7) is 9.05. The molecule has 3 heterocycles. The lowest BCUT2D eigenvalue weighted by Gasteiger charge is -2.32. The molecule has 164 valence electrons. The summed E-state index contributed by atoms with van der Waals surface area (Å²) in [5.41, 5.74) is 3.59. The Bertz CT molecular complexity index is 1140. The first kappa shape index (κ1) is 21.7. The topological polar surface area (TPSA) is 78.1 Å². The Hall–Kier alpha value is -2.51. The summed E-state index contributed by atoms with van der Waals surface area (Å²) in [5.74, 6) is 0.612. The third kappa shape index (κ3) is 5.05. The molecule has 2 aromatic heterocycles. The number of nitrogens with zero attached hydrogens (tertiary/aromatic N) is 2. The molecular weight excluding hydrogens is 408 g/mol. The third-order valence-electron chi connectivity index (χ3n) is 6.28. The van der Waals surface area contributed by atoms with Gasteiger partial charge in [-0.1, -0.05) is 24.3 Å². The normalized spacial score (nSPS) is 15.5. The quantitative estimate of drug-likeness (QED) is 0.616. The Morgan fingerprint density at radius 2 is 1.97 bits per heavy atom. The number of carbonyl (C=O) groups is 1. The van der Waals surface area contributed by atoms with Crippen molar-refractivity contribution in [3.8, 4) is 0 Å². The van der Waals surface area contributed by atoms with E-state index in [2.05, 4.69) is 51.4 Å². The number of likely N-dealkylation sites (tertiary alicyclic amines) is 1. The number of aromatic amines is 1. The van der Waals surface area contributed by atoms with Crippen molar-refractivity contribution < 1.29 is 4.79 Å². The molecule has 0 radical (unpaired) electrons. The number of thiophene rings is 1. The minimum Gasteiger partial charge on any atom is -0.353 e. The van der Waals surface area contributed by atoms with Gasteiger partial charge in [0.1, 0.15) is 10.7 Å². The van der Waals surface area contributed by atoms with E-state index in [4.69, 9.17) is 0 Å². The van der Waals surface area contributed by atoms with Crippen molar-refractivity contribution in [1.82, 2.24) is 20.2 Å². The monoisotopic (exact) mass is 438 g/mol. The van der Waals surface area contributed by atoms with Crippen molar-refractivity contribution in [2.45, 2.75) is 59.0 Å². The molecular formula is C24H30N4O2S. The number of aromatic nitrogens is 2. The average Bonchev–Trinajstić information content (AvgIpc) is 3.03. The highest BCUT2D eigenvalue weighted by Gasteiger charge is 2.21. The molecule has 1 fully saturated rings. The Morgan fingerprint density at radius 1 is 1.23 bits per heavy atom. The van der Waals surface area contributed by atoms with Crippen LogP contribution < -0.4 is 10.9 Å². The fourth-order valence-corrected chi connectivity index (χ4v) is 5.26. The number of H-pyrrole nitrogens is 1. The number of hydrogen-bond acceptors (Lipinski definition) is 5. The highest BCUT2D eigenvalue weighted by atomic mass is 32.1. The summed E-state index contributed by atoms with van der Waals surface area (Å²) < 4.78 is 0. The molecule has 1 aliphatic heterocycles. The van der Waals surface area contributed by atoms with Gasteiger partial charge in [-0.3, -0.25) is 14.5 Å². The van der Waals surface area contributed by atoms with Gasteiger partial charge >= 0.3 is 0 Å². The van der Waals surface area contributed by atoms with Gasteiger partial charge < -0.3 is 10.3 Å². The van der Waals surface area contributed by atoms with Gasteiger partial charge in [-0.25, -0.2) is 4.98 Å². The van der Waals surface area contributed by atoms with E-state index < -0.39 is 0 Å². The molecule has 0 saturated carbocycles. The van der Waals surface area contributed by atoms with Crippen molar-refractivity contribution in [1.29, 1.82) is 0 Å². The zero-order valence-corrected chi connectivity index (χ0v) is 19.3. The van der Waals surface area contributed by atoms with E-state index in [0.29, 0.717) is 24.1 Å². The fourth-order valence-electron chi connectivity index (χ4n) is 4.21. The maximum Gasteiger partial charge on any atom is 0.259 e. The number of rotatable bonds is 6. The summed E-state index contributed by atoms with van der Waals surface area (Å²) >= 11 is 1.53. The van der Waals surface area contributed by atoms with Gasteiger partial charge in [0.2, 0.25) is 5.91 Å². The van der Waals surface area contributed by atoms with Crippen molar-refractivity contribution in [3.05, 3.63) is 62.0 Å². The number of piperidine rings is 1. The van der Waals surface area contributed by atoms with Gasteiger partial charge in [0, 0.05) is 43.4 Å². The number of benzene rings is 1. The number of carbonyl (C=O) groups excluding carboxylic acids is 1. The molecule has 0 atom stereocenters. The van der Waals surface area contributed by atoms with Gasteiger partial charge in [0.05, 0.1) is 5.39 Å².